The fourth-order valence-electron chi connectivity index (χ4n) is 2.46. The largest absolute Gasteiger partial charge is 0.461 e. The van der Waals surface area contributed by atoms with Crippen molar-refractivity contribution in [3.63, 3.8) is 0 Å². The van der Waals surface area contributed by atoms with Gasteiger partial charge < -0.3 is 9.47 Å². The van der Waals surface area contributed by atoms with Crippen molar-refractivity contribution in [1.82, 2.24) is 0 Å². The van der Waals surface area contributed by atoms with Gasteiger partial charge in [-0.2, -0.15) is 23.5 Å². The van der Waals surface area contributed by atoms with Gasteiger partial charge in [0.1, 0.15) is 13.2 Å². The van der Waals surface area contributed by atoms with Crippen LogP contribution in [0.2, 0.25) is 0 Å². The second-order valence-electron chi connectivity index (χ2n) is 6.21. The molecule has 4 atom stereocenters. The molecule has 4 unspecified atom stereocenters. The molecule has 4 nitrogen and oxygen atoms in total. The lowest BCUT2D eigenvalue weighted by molar-refractivity contribution is -0.138. The van der Waals surface area contributed by atoms with Crippen LogP contribution in [0.15, 0.2) is 25.3 Å². The van der Waals surface area contributed by atoms with Gasteiger partial charge >= 0.3 is 11.9 Å². The van der Waals surface area contributed by atoms with E-state index in [0.717, 1.165) is 23.0 Å². The molecule has 2 aliphatic heterocycles. The lowest BCUT2D eigenvalue weighted by atomic mass is 10.5. The van der Waals surface area contributed by atoms with Crippen LogP contribution < -0.4 is 0 Å². The third-order valence-electron chi connectivity index (χ3n) is 3.87. The zero-order chi connectivity index (χ0) is 20.9. The van der Waals surface area contributed by atoms with E-state index >= 15 is 0 Å². The van der Waals surface area contributed by atoms with E-state index < -0.39 is 0 Å². The first-order valence-electron chi connectivity index (χ1n) is 9.38. The molecule has 0 amide bonds. The Morgan fingerprint density at radius 1 is 0.862 bits per heavy atom. The van der Waals surface area contributed by atoms with Crippen molar-refractivity contribution in [2.75, 3.05) is 47.7 Å². The molecule has 2 aliphatic rings. The summed E-state index contributed by atoms with van der Waals surface area (Å²) in [5, 5.41) is 0.825. The van der Waals surface area contributed by atoms with E-state index in [4.69, 9.17) is 9.47 Å². The number of carbonyl (C=O) groups is 2. The molecule has 0 spiro atoms. The van der Waals surface area contributed by atoms with Crippen molar-refractivity contribution < 1.29 is 19.1 Å². The molecular weight excluding hydrogens is 485 g/mol. The molecule has 0 aromatic carbocycles. The van der Waals surface area contributed by atoms with Gasteiger partial charge in [-0.05, 0) is 17.9 Å². The highest BCUT2D eigenvalue weighted by Gasteiger charge is 2.27. The first-order valence-corrected chi connectivity index (χ1v) is 15.7. The summed E-state index contributed by atoms with van der Waals surface area (Å²) in [6.07, 6.45) is 3.68. The minimum atomic E-state index is -0.327. The average molecular weight is 513 g/mol. The number of rotatable bonds is 14. The Morgan fingerprint density at radius 2 is 1.31 bits per heavy atom. The normalized spacial score (nSPS) is 26.2. The Kier molecular flexibility index (Phi) is 13.6. The second-order valence-corrected chi connectivity index (χ2v) is 14.6. The monoisotopic (exact) mass is 512 g/mol. The molecule has 29 heavy (non-hydrogen) atoms. The summed E-state index contributed by atoms with van der Waals surface area (Å²) in [4.78, 5) is 22.3. The molecular formula is C19H28O4S6. The molecule has 2 heterocycles. The van der Waals surface area contributed by atoms with Crippen LogP contribution >= 0.6 is 70.6 Å². The van der Waals surface area contributed by atoms with E-state index in [0.29, 0.717) is 32.9 Å². The van der Waals surface area contributed by atoms with Crippen molar-refractivity contribution in [2.45, 2.75) is 26.1 Å². The summed E-state index contributed by atoms with van der Waals surface area (Å²) in [6, 6.07) is 0. The van der Waals surface area contributed by atoms with Crippen LogP contribution in [-0.2, 0) is 19.1 Å². The lowest BCUT2D eigenvalue weighted by Crippen LogP contribution is -2.14. The first-order chi connectivity index (χ1) is 14.1. The molecule has 2 saturated heterocycles. The van der Waals surface area contributed by atoms with Gasteiger partial charge in [-0.15, -0.1) is 47.0 Å². The van der Waals surface area contributed by atoms with Crippen LogP contribution in [-0.4, -0.2) is 79.3 Å². The predicted octanol–water partition coefficient (Wildman–Crippen LogP) is 4.65. The van der Waals surface area contributed by atoms with Crippen LogP contribution in [0.4, 0.5) is 0 Å². The summed E-state index contributed by atoms with van der Waals surface area (Å²) in [7, 11) is 0. The topological polar surface area (TPSA) is 52.6 Å². The second kappa shape index (κ2) is 15.3. The predicted molar refractivity (Wildman–Crippen MR) is 137 cm³/mol. The quantitative estimate of drug-likeness (QED) is 0.187. The van der Waals surface area contributed by atoms with Crippen LogP contribution in [0.5, 0.6) is 0 Å². The average Bonchev–Trinajstić information content (AvgIpc) is 3.38. The Balaban J connectivity index is 1.40. The SMILES string of the molecule is C=CC(=O)OCC1CSC(CSCCCSCC2SCC(COC(=O)C=C)S2)S1. The van der Waals surface area contributed by atoms with Crippen molar-refractivity contribution in [3.05, 3.63) is 25.3 Å². The van der Waals surface area contributed by atoms with Crippen LogP contribution in [0.3, 0.4) is 0 Å². The van der Waals surface area contributed by atoms with Crippen LogP contribution in [0.25, 0.3) is 0 Å². The summed E-state index contributed by atoms with van der Waals surface area (Å²) in [6.45, 7) is 7.83. The summed E-state index contributed by atoms with van der Waals surface area (Å²) < 4.78 is 11.5. The summed E-state index contributed by atoms with van der Waals surface area (Å²) in [5.41, 5.74) is 0. The van der Waals surface area contributed by atoms with Gasteiger partial charge in [0.05, 0.1) is 9.16 Å². The molecule has 164 valence electrons. The fraction of sp³-hybridized carbons (Fsp3) is 0.684. The standard InChI is InChI=1S/C19H28O4S6/c1-3-16(20)22-8-14-10-26-18(28-14)12-24-6-5-7-25-13-19-27-11-15(29-19)9-23-17(21)4-2/h3-4,14-15,18-19H,1-2,5-13H2. The molecule has 0 aromatic rings. The maximum absolute atomic E-state index is 11.1. The molecule has 0 N–H and O–H groups in total. The molecule has 0 saturated carbocycles. The van der Waals surface area contributed by atoms with Gasteiger partial charge in [0.15, 0.2) is 0 Å². The third kappa shape index (κ3) is 11.1. The van der Waals surface area contributed by atoms with E-state index in [2.05, 4.69) is 13.2 Å². The summed E-state index contributed by atoms with van der Waals surface area (Å²) >= 11 is 11.9. The molecule has 2 fully saturated rings. The summed E-state index contributed by atoms with van der Waals surface area (Å²) in [5.74, 6) is 6.18. The van der Waals surface area contributed by atoms with Gasteiger partial charge in [0.2, 0.25) is 0 Å². The molecule has 0 aliphatic carbocycles. The van der Waals surface area contributed by atoms with Gasteiger partial charge in [0.25, 0.3) is 0 Å². The Bertz CT molecular complexity index is 501. The molecule has 2 rings (SSSR count). The smallest absolute Gasteiger partial charge is 0.330 e. The third-order valence-corrected chi connectivity index (χ3v) is 13.5. The molecule has 0 bridgehead atoms. The highest BCUT2D eigenvalue weighted by molar-refractivity contribution is 8.22. The van der Waals surface area contributed by atoms with Crippen molar-refractivity contribution in [1.29, 1.82) is 0 Å². The zero-order valence-corrected chi connectivity index (χ0v) is 21.2. The Morgan fingerprint density at radius 3 is 1.72 bits per heavy atom. The van der Waals surface area contributed by atoms with Gasteiger partial charge in [-0.1, -0.05) is 13.2 Å². The van der Waals surface area contributed by atoms with E-state index in [1.807, 2.05) is 70.6 Å². The van der Waals surface area contributed by atoms with Crippen molar-refractivity contribution in [2.24, 2.45) is 0 Å². The van der Waals surface area contributed by atoms with E-state index in [1.165, 1.54) is 30.1 Å². The van der Waals surface area contributed by atoms with Crippen molar-refractivity contribution in [3.8, 4) is 0 Å². The number of ether oxygens (including phenoxy) is 2. The van der Waals surface area contributed by atoms with Gasteiger partial charge in [0, 0.05) is 45.7 Å². The number of esters is 2. The Hall–Kier alpha value is 0.520. The van der Waals surface area contributed by atoms with Gasteiger partial charge in [-0.3, -0.25) is 0 Å². The number of hydrogen-bond donors (Lipinski definition) is 0. The lowest BCUT2D eigenvalue weighted by Gasteiger charge is -2.11. The number of carbonyl (C=O) groups excluding carboxylic acids is 2. The van der Waals surface area contributed by atoms with Crippen molar-refractivity contribution >= 4 is 82.5 Å². The minimum absolute atomic E-state index is 0.327. The minimum Gasteiger partial charge on any atom is -0.461 e. The highest BCUT2D eigenvalue weighted by Crippen LogP contribution is 2.41. The first kappa shape index (κ1) is 25.8. The molecule has 0 aromatic heterocycles. The highest BCUT2D eigenvalue weighted by atomic mass is 32.2. The number of hydrogen-bond acceptors (Lipinski definition) is 10. The zero-order valence-electron chi connectivity index (χ0n) is 16.3. The van der Waals surface area contributed by atoms with E-state index in [9.17, 15) is 9.59 Å². The van der Waals surface area contributed by atoms with E-state index in [1.54, 1.807) is 0 Å². The molecule has 10 heteroatoms. The molecule has 0 radical (unpaired) electrons. The van der Waals surface area contributed by atoms with Crippen LogP contribution in [0.1, 0.15) is 6.42 Å². The number of thioether (sulfide) groups is 6. The van der Waals surface area contributed by atoms with Gasteiger partial charge in [-0.25, -0.2) is 9.59 Å². The fourth-order valence-corrected chi connectivity index (χ4v) is 12.0. The maximum Gasteiger partial charge on any atom is 0.330 e. The van der Waals surface area contributed by atoms with E-state index in [-0.39, 0.29) is 11.9 Å². The maximum atomic E-state index is 11.1. The van der Waals surface area contributed by atoms with Crippen LogP contribution in [0, 0.1) is 0 Å². The Labute approximate surface area is 199 Å².